The number of hydrogen-bond donors (Lipinski definition) is 2. The Labute approximate surface area is 217 Å². The Bertz CT molecular complexity index is 1560. The molecule has 0 bridgehead atoms. The van der Waals surface area contributed by atoms with Gasteiger partial charge in [0.1, 0.15) is 28.8 Å². The fraction of sp³-hybridized carbons (Fsp3) is 0.320. The minimum atomic E-state index is -4.87. The minimum Gasteiger partial charge on any atom is -0.408 e. The van der Waals surface area contributed by atoms with Crippen molar-refractivity contribution in [3.63, 3.8) is 0 Å². The van der Waals surface area contributed by atoms with Gasteiger partial charge in [-0.15, -0.1) is 13.2 Å². The maximum atomic E-state index is 14.2. The predicted molar refractivity (Wildman–Crippen MR) is 132 cm³/mol. The van der Waals surface area contributed by atoms with Crippen molar-refractivity contribution in [1.29, 1.82) is 0 Å². The highest BCUT2D eigenvalue weighted by Gasteiger charge is 2.31. The summed E-state index contributed by atoms with van der Waals surface area (Å²) in [4.78, 5) is 23.1. The number of nitrogens with one attached hydrogen (secondary N) is 1. The molecule has 3 heterocycles. The average Bonchev–Trinajstić information content (AvgIpc) is 2.87. The number of hydrogen-bond acceptors (Lipinski definition) is 9. The number of fused-ring (bicyclic) bond motifs is 2. The number of ether oxygens (including phenoxy) is 1. The molecule has 1 unspecified atom stereocenters. The summed E-state index contributed by atoms with van der Waals surface area (Å²) in [6.07, 6.45) is -5.75. The van der Waals surface area contributed by atoms with E-state index in [1.165, 1.54) is 24.3 Å². The Balaban J connectivity index is 1.22. The van der Waals surface area contributed by atoms with Gasteiger partial charge >= 0.3 is 12.1 Å². The third-order valence-electron chi connectivity index (χ3n) is 6.23. The topological polar surface area (TPSA) is 104 Å². The van der Waals surface area contributed by atoms with Crippen LogP contribution < -0.4 is 20.7 Å². The van der Waals surface area contributed by atoms with Crippen molar-refractivity contribution in [2.75, 3.05) is 49.5 Å². The molecule has 9 nitrogen and oxygen atoms in total. The van der Waals surface area contributed by atoms with Crippen LogP contribution in [0.25, 0.3) is 21.7 Å². The molecular formula is C25H22F5N5O4. The standard InChI is InChI=1S/C25H22F5N5O4/c26-15-2-4-20-19(10-15)22(33-24(37)38-20)31-12-16(36)13-34-5-7-35(8-6-34)23-18-11-17(39-25(28,29)30)3-1-14(18)9-21(27)32-23/h1-4,9-11,16,36H,5-8,12-13H2,(H,31,33,37). The molecule has 0 radical (unpaired) electrons. The van der Waals surface area contributed by atoms with Gasteiger partial charge in [0.15, 0.2) is 0 Å². The van der Waals surface area contributed by atoms with Crippen LogP contribution in [0.4, 0.5) is 33.6 Å². The lowest BCUT2D eigenvalue weighted by atomic mass is 10.1. The Kier molecular flexibility index (Phi) is 7.23. The highest BCUT2D eigenvalue weighted by molar-refractivity contribution is 5.93. The summed E-state index contributed by atoms with van der Waals surface area (Å²) in [5.41, 5.74) is 0.153. The lowest BCUT2D eigenvalue weighted by Crippen LogP contribution is -2.49. The molecule has 1 aliphatic rings. The number of piperazine rings is 1. The van der Waals surface area contributed by atoms with Gasteiger partial charge in [-0.2, -0.15) is 9.37 Å². The van der Waals surface area contributed by atoms with Crippen LogP contribution in [0, 0.1) is 11.8 Å². The van der Waals surface area contributed by atoms with E-state index in [4.69, 9.17) is 4.42 Å². The predicted octanol–water partition coefficient (Wildman–Crippen LogP) is 3.51. The molecule has 1 atom stereocenters. The molecule has 4 aromatic rings. The number of pyridine rings is 1. The Morgan fingerprint density at radius 3 is 2.54 bits per heavy atom. The van der Waals surface area contributed by atoms with Crippen LogP contribution in [0.3, 0.4) is 0 Å². The van der Waals surface area contributed by atoms with Gasteiger partial charge in [0.05, 0.1) is 11.5 Å². The third kappa shape index (κ3) is 6.34. The van der Waals surface area contributed by atoms with Gasteiger partial charge in [-0.05, 0) is 35.7 Å². The van der Waals surface area contributed by atoms with E-state index in [2.05, 4.69) is 20.0 Å². The fourth-order valence-corrected chi connectivity index (χ4v) is 4.51. The van der Waals surface area contributed by atoms with Gasteiger partial charge in [-0.3, -0.25) is 4.90 Å². The normalized spacial score (nSPS) is 15.6. The fourth-order valence-electron chi connectivity index (χ4n) is 4.51. The Morgan fingerprint density at radius 1 is 1.03 bits per heavy atom. The highest BCUT2D eigenvalue weighted by atomic mass is 19.4. The maximum Gasteiger partial charge on any atom is 0.573 e. The molecule has 1 fully saturated rings. The smallest absolute Gasteiger partial charge is 0.408 e. The first-order chi connectivity index (χ1) is 18.5. The van der Waals surface area contributed by atoms with Gasteiger partial charge in [0.2, 0.25) is 5.95 Å². The first-order valence-electron chi connectivity index (χ1n) is 11.9. The van der Waals surface area contributed by atoms with E-state index in [0.717, 1.165) is 18.2 Å². The van der Waals surface area contributed by atoms with Crippen LogP contribution in [0.2, 0.25) is 0 Å². The summed E-state index contributed by atoms with van der Waals surface area (Å²) < 4.78 is 74.9. The largest absolute Gasteiger partial charge is 0.573 e. The average molecular weight is 551 g/mol. The second-order valence-electron chi connectivity index (χ2n) is 8.99. The van der Waals surface area contributed by atoms with Gasteiger partial charge in [0, 0.05) is 50.7 Å². The zero-order valence-electron chi connectivity index (χ0n) is 20.2. The second kappa shape index (κ2) is 10.6. The molecule has 39 heavy (non-hydrogen) atoms. The zero-order chi connectivity index (χ0) is 27.7. The highest BCUT2D eigenvalue weighted by Crippen LogP contribution is 2.32. The molecule has 1 aliphatic heterocycles. The monoisotopic (exact) mass is 551 g/mol. The third-order valence-corrected chi connectivity index (χ3v) is 6.23. The molecular weight excluding hydrogens is 529 g/mol. The van der Waals surface area contributed by atoms with Crippen LogP contribution in [0.5, 0.6) is 5.75 Å². The van der Waals surface area contributed by atoms with E-state index in [1.54, 1.807) is 4.90 Å². The second-order valence-corrected chi connectivity index (χ2v) is 8.99. The van der Waals surface area contributed by atoms with E-state index in [-0.39, 0.29) is 35.7 Å². The van der Waals surface area contributed by atoms with E-state index >= 15 is 0 Å². The van der Waals surface area contributed by atoms with Crippen molar-refractivity contribution in [1.82, 2.24) is 14.9 Å². The number of rotatable bonds is 7. The number of aromatic nitrogens is 2. The molecule has 2 aromatic heterocycles. The molecule has 2 N–H and O–H groups in total. The molecule has 0 saturated carbocycles. The van der Waals surface area contributed by atoms with Crippen molar-refractivity contribution in [2.24, 2.45) is 0 Å². The Morgan fingerprint density at radius 2 is 1.79 bits per heavy atom. The van der Waals surface area contributed by atoms with E-state index in [0.29, 0.717) is 37.0 Å². The van der Waals surface area contributed by atoms with Crippen LogP contribution >= 0.6 is 0 Å². The number of aliphatic hydroxyl groups excluding tert-OH is 1. The van der Waals surface area contributed by atoms with Gasteiger partial charge in [-0.1, -0.05) is 6.07 Å². The number of halogens is 5. The van der Waals surface area contributed by atoms with Gasteiger partial charge in [0.25, 0.3) is 0 Å². The van der Waals surface area contributed by atoms with Gasteiger partial charge < -0.3 is 24.5 Å². The van der Waals surface area contributed by atoms with E-state index in [1.807, 2.05) is 4.90 Å². The summed E-state index contributed by atoms with van der Waals surface area (Å²) >= 11 is 0. The number of anilines is 2. The van der Waals surface area contributed by atoms with Crippen molar-refractivity contribution in [3.05, 3.63) is 64.8 Å². The van der Waals surface area contributed by atoms with Crippen LogP contribution in [-0.2, 0) is 0 Å². The molecule has 2 aromatic carbocycles. The van der Waals surface area contributed by atoms with E-state index < -0.39 is 35.7 Å². The molecule has 1 saturated heterocycles. The summed E-state index contributed by atoms with van der Waals surface area (Å²) in [7, 11) is 0. The summed E-state index contributed by atoms with van der Waals surface area (Å²) in [6, 6.07) is 8.41. The van der Waals surface area contributed by atoms with Crippen molar-refractivity contribution in [2.45, 2.75) is 12.5 Å². The lowest BCUT2D eigenvalue weighted by Gasteiger charge is -2.36. The summed E-state index contributed by atoms with van der Waals surface area (Å²) in [6.45, 7) is 1.92. The quantitative estimate of drug-likeness (QED) is 0.264. The number of alkyl halides is 3. The van der Waals surface area contributed by atoms with Crippen LogP contribution in [-0.4, -0.2) is 71.7 Å². The molecule has 0 amide bonds. The van der Waals surface area contributed by atoms with Gasteiger partial charge in [-0.25, -0.2) is 14.2 Å². The summed E-state index contributed by atoms with van der Waals surface area (Å²) in [5, 5.41) is 14.4. The SMILES string of the molecule is O=c1nc(NCC(O)CN2CCN(c3nc(F)cc4ccc(OC(F)(F)F)cc34)CC2)c2cc(F)ccc2o1. The van der Waals surface area contributed by atoms with Crippen molar-refractivity contribution in [3.8, 4) is 5.75 Å². The maximum absolute atomic E-state index is 14.2. The molecule has 14 heteroatoms. The van der Waals surface area contributed by atoms with Crippen LogP contribution in [0.15, 0.2) is 51.7 Å². The number of benzene rings is 2. The zero-order valence-corrected chi connectivity index (χ0v) is 20.2. The molecule has 5 rings (SSSR count). The summed E-state index contributed by atoms with van der Waals surface area (Å²) in [5.74, 6) is -2.31. The molecule has 0 spiro atoms. The molecule has 0 aliphatic carbocycles. The first-order valence-corrected chi connectivity index (χ1v) is 11.9. The van der Waals surface area contributed by atoms with Crippen LogP contribution in [0.1, 0.15) is 0 Å². The number of nitrogens with zero attached hydrogens (tertiary/aromatic N) is 4. The Hall–Kier alpha value is -4.04. The molecule has 206 valence electrons. The number of aliphatic hydroxyl groups is 1. The lowest BCUT2D eigenvalue weighted by molar-refractivity contribution is -0.274. The number of β-amino-alcohol motifs (C(OH)–C–C–N with tert-alkyl or cyclic N) is 1. The van der Waals surface area contributed by atoms with Crippen molar-refractivity contribution < 1.29 is 36.2 Å². The van der Waals surface area contributed by atoms with Crippen molar-refractivity contribution >= 4 is 33.4 Å². The van der Waals surface area contributed by atoms with E-state index in [9.17, 15) is 31.9 Å². The minimum absolute atomic E-state index is 0.0142. The first kappa shape index (κ1) is 26.6.